The Hall–Kier alpha value is -1.77. The summed E-state index contributed by atoms with van der Waals surface area (Å²) in [6.07, 6.45) is 2.97. The summed E-state index contributed by atoms with van der Waals surface area (Å²) in [6.45, 7) is 0.407. The van der Waals surface area contributed by atoms with Crippen LogP contribution >= 0.6 is 0 Å². The third-order valence-corrected chi connectivity index (χ3v) is 4.27. The molecule has 23 heavy (non-hydrogen) atoms. The lowest BCUT2D eigenvalue weighted by Gasteiger charge is -2.17. The highest BCUT2D eigenvalue weighted by molar-refractivity contribution is 6.06. The molecule has 2 saturated heterocycles. The van der Waals surface area contributed by atoms with Crippen molar-refractivity contribution in [2.24, 2.45) is 11.8 Å². The van der Waals surface area contributed by atoms with Gasteiger partial charge in [-0.15, -0.1) is 0 Å². The van der Waals surface area contributed by atoms with E-state index in [4.69, 9.17) is 19.3 Å². The first-order valence-electron chi connectivity index (χ1n) is 7.66. The minimum atomic E-state index is -0.493. The highest BCUT2D eigenvalue weighted by Gasteiger charge is 2.60. The molecule has 3 rings (SSSR count). The summed E-state index contributed by atoms with van der Waals surface area (Å²) in [5.74, 6) is -1.92. The second kappa shape index (κ2) is 6.77. The number of esters is 1. The summed E-state index contributed by atoms with van der Waals surface area (Å²) in [6, 6.07) is 0. The highest BCUT2D eigenvalue weighted by Crippen LogP contribution is 2.44. The van der Waals surface area contributed by atoms with Crippen LogP contribution < -0.4 is 0 Å². The maximum atomic E-state index is 12.3. The summed E-state index contributed by atoms with van der Waals surface area (Å²) in [5.41, 5.74) is 0. The average Bonchev–Trinajstić information content (AvgIpc) is 3.20. The fourth-order valence-electron chi connectivity index (χ4n) is 3.24. The van der Waals surface area contributed by atoms with E-state index in [0.717, 1.165) is 4.90 Å². The van der Waals surface area contributed by atoms with Gasteiger partial charge in [-0.05, 0) is 0 Å². The molecule has 126 valence electrons. The third-order valence-electron chi connectivity index (χ3n) is 4.27. The minimum absolute atomic E-state index is 0.0282. The summed E-state index contributed by atoms with van der Waals surface area (Å²) in [5, 5.41) is 8.52. The number of nitrogens with zero attached hydrogens (tertiary/aromatic N) is 1. The number of hydrogen-bond donors (Lipinski definition) is 1. The Morgan fingerprint density at radius 3 is 2.39 bits per heavy atom. The Balaban J connectivity index is 1.44. The number of likely N-dealkylation sites (tertiary alicyclic amines) is 1. The van der Waals surface area contributed by atoms with Gasteiger partial charge in [0.1, 0.15) is 6.61 Å². The molecule has 2 fully saturated rings. The van der Waals surface area contributed by atoms with Crippen LogP contribution in [0.25, 0.3) is 0 Å². The smallest absolute Gasteiger partial charge is 0.307 e. The van der Waals surface area contributed by atoms with Gasteiger partial charge in [0.2, 0.25) is 11.8 Å². The maximum absolute atomic E-state index is 12.3. The van der Waals surface area contributed by atoms with E-state index in [0.29, 0.717) is 0 Å². The predicted molar refractivity (Wildman–Crippen MR) is 75.0 cm³/mol. The second-order valence-corrected chi connectivity index (χ2v) is 5.64. The first-order chi connectivity index (χ1) is 11.1. The van der Waals surface area contributed by atoms with Crippen LogP contribution in [0.2, 0.25) is 0 Å². The molecule has 0 aliphatic carbocycles. The van der Waals surface area contributed by atoms with Crippen molar-refractivity contribution in [3.8, 4) is 0 Å². The van der Waals surface area contributed by atoms with Gasteiger partial charge in [-0.3, -0.25) is 19.3 Å². The third kappa shape index (κ3) is 3.01. The van der Waals surface area contributed by atoms with Crippen molar-refractivity contribution >= 4 is 17.8 Å². The van der Waals surface area contributed by atoms with Gasteiger partial charge in [0.15, 0.2) is 0 Å². The Bertz CT molecular complexity index is 502. The zero-order chi connectivity index (χ0) is 16.4. The number of fused-ring (bicyclic) bond motifs is 5. The number of hydrogen-bond acceptors (Lipinski definition) is 7. The van der Waals surface area contributed by atoms with Crippen molar-refractivity contribution in [2.75, 3.05) is 33.0 Å². The molecule has 2 bridgehead atoms. The van der Waals surface area contributed by atoms with E-state index in [1.807, 2.05) is 12.2 Å². The van der Waals surface area contributed by atoms with Gasteiger partial charge >= 0.3 is 5.97 Å². The van der Waals surface area contributed by atoms with Crippen LogP contribution in [0.1, 0.15) is 6.42 Å². The number of imide groups is 1. The maximum Gasteiger partial charge on any atom is 0.307 e. The molecule has 0 spiro atoms. The van der Waals surface area contributed by atoms with Gasteiger partial charge in [-0.1, -0.05) is 12.2 Å². The van der Waals surface area contributed by atoms with Crippen LogP contribution in [0.3, 0.4) is 0 Å². The number of ether oxygens (including phenoxy) is 3. The van der Waals surface area contributed by atoms with E-state index in [1.54, 1.807) is 0 Å². The summed E-state index contributed by atoms with van der Waals surface area (Å²) in [7, 11) is 0. The topological polar surface area (TPSA) is 102 Å². The monoisotopic (exact) mass is 325 g/mol. The molecule has 0 aromatic carbocycles. The molecule has 4 unspecified atom stereocenters. The first kappa shape index (κ1) is 16.1. The molecule has 8 nitrogen and oxygen atoms in total. The van der Waals surface area contributed by atoms with Gasteiger partial charge in [0, 0.05) is 6.54 Å². The molecule has 3 heterocycles. The quantitative estimate of drug-likeness (QED) is 0.261. The molecule has 3 aliphatic heterocycles. The Morgan fingerprint density at radius 2 is 1.78 bits per heavy atom. The Labute approximate surface area is 133 Å². The van der Waals surface area contributed by atoms with Crippen LogP contribution in [-0.4, -0.2) is 73.0 Å². The van der Waals surface area contributed by atoms with Gasteiger partial charge in [-0.2, -0.15) is 0 Å². The molecular formula is C15H19NO7. The molecule has 0 radical (unpaired) electrons. The molecule has 0 aromatic rings. The first-order valence-corrected chi connectivity index (χ1v) is 7.66. The van der Waals surface area contributed by atoms with Crippen molar-refractivity contribution in [3.05, 3.63) is 12.2 Å². The standard InChI is InChI=1S/C15H19NO7/c17-5-6-21-7-8-22-11(18)3-4-16-14(19)12-9-1-2-10(23-9)13(12)15(16)20/h1-2,9-10,12-13,17H,3-8H2. The van der Waals surface area contributed by atoms with Crippen LogP contribution in [0.5, 0.6) is 0 Å². The number of carbonyl (C=O) groups excluding carboxylic acids is 3. The number of amides is 2. The molecule has 3 aliphatic rings. The highest BCUT2D eigenvalue weighted by atomic mass is 16.6. The van der Waals surface area contributed by atoms with Crippen molar-refractivity contribution in [2.45, 2.75) is 18.6 Å². The van der Waals surface area contributed by atoms with E-state index in [9.17, 15) is 14.4 Å². The van der Waals surface area contributed by atoms with Gasteiger partial charge in [-0.25, -0.2) is 0 Å². The summed E-state index contributed by atoms with van der Waals surface area (Å²) >= 11 is 0. The lowest BCUT2D eigenvalue weighted by atomic mass is 9.85. The normalized spacial score (nSPS) is 31.1. The van der Waals surface area contributed by atoms with Crippen LogP contribution in [-0.2, 0) is 28.6 Å². The molecule has 1 N–H and O–H groups in total. The minimum Gasteiger partial charge on any atom is -0.463 e. The van der Waals surface area contributed by atoms with Crippen molar-refractivity contribution in [1.82, 2.24) is 4.90 Å². The molecule has 8 heteroatoms. The van der Waals surface area contributed by atoms with E-state index < -0.39 is 17.8 Å². The number of rotatable bonds is 8. The van der Waals surface area contributed by atoms with Crippen molar-refractivity contribution < 1.29 is 33.7 Å². The molecule has 0 saturated carbocycles. The van der Waals surface area contributed by atoms with Crippen molar-refractivity contribution in [3.63, 3.8) is 0 Å². The molecule has 4 atom stereocenters. The number of aliphatic hydroxyl groups excluding tert-OH is 1. The lowest BCUT2D eigenvalue weighted by molar-refractivity contribution is -0.147. The van der Waals surface area contributed by atoms with E-state index in [-0.39, 0.29) is 63.4 Å². The number of carbonyl (C=O) groups is 3. The summed E-state index contributed by atoms with van der Waals surface area (Å²) in [4.78, 5) is 37.4. The molecule has 2 amide bonds. The average molecular weight is 325 g/mol. The largest absolute Gasteiger partial charge is 0.463 e. The fourth-order valence-corrected chi connectivity index (χ4v) is 3.24. The van der Waals surface area contributed by atoms with E-state index in [2.05, 4.69) is 0 Å². The summed E-state index contributed by atoms with van der Waals surface area (Å²) < 4.78 is 15.4. The fraction of sp³-hybridized carbons (Fsp3) is 0.667. The predicted octanol–water partition coefficient (Wildman–Crippen LogP) is -1.13. The van der Waals surface area contributed by atoms with Crippen LogP contribution in [0, 0.1) is 11.8 Å². The van der Waals surface area contributed by atoms with Crippen LogP contribution in [0.15, 0.2) is 12.2 Å². The van der Waals surface area contributed by atoms with Gasteiger partial charge in [0.25, 0.3) is 0 Å². The Morgan fingerprint density at radius 1 is 1.13 bits per heavy atom. The van der Waals surface area contributed by atoms with E-state index >= 15 is 0 Å². The molecular weight excluding hydrogens is 306 g/mol. The SMILES string of the molecule is O=C(CCN1C(=O)C2C3C=CC(O3)C2C1=O)OCCOCCO. The van der Waals surface area contributed by atoms with Gasteiger partial charge in [0.05, 0.1) is 50.3 Å². The Kier molecular flexibility index (Phi) is 4.74. The zero-order valence-corrected chi connectivity index (χ0v) is 12.6. The van der Waals surface area contributed by atoms with E-state index in [1.165, 1.54) is 0 Å². The molecule has 0 aromatic heterocycles. The second-order valence-electron chi connectivity index (χ2n) is 5.64. The zero-order valence-electron chi connectivity index (χ0n) is 12.6. The lowest BCUT2D eigenvalue weighted by Crippen LogP contribution is -2.36. The van der Waals surface area contributed by atoms with Crippen LogP contribution in [0.4, 0.5) is 0 Å². The van der Waals surface area contributed by atoms with Crippen molar-refractivity contribution in [1.29, 1.82) is 0 Å². The number of aliphatic hydroxyl groups is 1. The van der Waals surface area contributed by atoms with Gasteiger partial charge < -0.3 is 19.3 Å².